The van der Waals surface area contributed by atoms with E-state index < -0.39 is 11.7 Å². The average Bonchev–Trinajstić information content (AvgIpc) is 3.23. The Bertz CT molecular complexity index is 1200. The van der Waals surface area contributed by atoms with Crippen LogP contribution in [0.1, 0.15) is 22.4 Å². The van der Waals surface area contributed by atoms with Gasteiger partial charge in [0.25, 0.3) is 0 Å². The lowest BCUT2D eigenvalue weighted by atomic mass is 10.0. The second-order valence-corrected chi connectivity index (χ2v) is 7.56. The first kappa shape index (κ1) is 18.8. The van der Waals surface area contributed by atoms with Gasteiger partial charge in [-0.1, -0.05) is 30.3 Å². The molecule has 2 aromatic heterocycles. The predicted octanol–water partition coefficient (Wildman–Crippen LogP) is 5.20. The number of para-hydroxylation sites is 1. The highest BCUT2D eigenvalue weighted by Gasteiger charge is 2.30. The summed E-state index contributed by atoms with van der Waals surface area (Å²) in [4.78, 5) is 14.7. The number of aromatic amines is 1. The van der Waals surface area contributed by atoms with Crippen LogP contribution < -0.4 is 0 Å². The molecule has 0 saturated heterocycles. The zero-order valence-electron chi connectivity index (χ0n) is 16.1. The van der Waals surface area contributed by atoms with E-state index in [9.17, 15) is 13.2 Å². The van der Waals surface area contributed by atoms with Crippen LogP contribution in [0.15, 0.2) is 60.9 Å². The molecule has 0 radical (unpaired) electrons. The lowest BCUT2D eigenvalue weighted by Crippen LogP contribution is -2.31. The summed E-state index contributed by atoms with van der Waals surface area (Å²) in [7, 11) is 0. The number of rotatable bonds is 3. The van der Waals surface area contributed by atoms with Crippen molar-refractivity contribution >= 4 is 10.9 Å². The Hall–Kier alpha value is -3.19. The molecular formula is C23H19F3N4. The number of nitrogens with one attached hydrogen (secondary N) is 1. The van der Waals surface area contributed by atoms with Gasteiger partial charge in [0.15, 0.2) is 5.82 Å². The maximum absolute atomic E-state index is 12.8. The molecule has 5 rings (SSSR count). The van der Waals surface area contributed by atoms with E-state index >= 15 is 0 Å². The molecule has 2 aromatic carbocycles. The number of aromatic nitrogens is 3. The highest BCUT2D eigenvalue weighted by Crippen LogP contribution is 2.31. The van der Waals surface area contributed by atoms with E-state index in [1.165, 1.54) is 23.1 Å². The van der Waals surface area contributed by atoms with Gasteiger partial charge in [-0.05, 0) is 41.1 Å². The van der Waals surface area contributed by atoms with Crippen LogP contribution in [0, 0.1) is 0 Å². The Labute approximate surface area is 171 Å². The smallest absolute Gasteiger partial charge is 0.361 e. The summed E-state index contributed by atoms with van der Waals surface area (Å²) in [5, 5.41) is 1.19. The lowest BCUT2D eigenvalue weighted by molar-refractivity contribution is -0.137. The number of halogens is 3. The Balaban J connectivity index is 1.38. The van der Waals surface area contributed by atoms with E-state index in [2.05, 4.69) is 44.1 Å². The lowest BCUT2D eigenvalue weighted by Gasteiger charge is -2.28. The van der Waals surface area contributed by atoms with Crippen molar-refractivity contribution in [3.8, 4) is 11.4 Å². The van der Waals surface area contributed by atoms with Gasteiger partial charge >= 0.3 is 6.18 Å². The van der Waals surface area contributed by atoms with Crippen LogP contribution in [0.3, 0.4) is 0 Å². The van der Waals surface area contributed by atoms with Crippen LogP contribution in [0.4, 0.5) is 13.2 Å². The highest BCUT2D eigenvalue weighted by molar-refractivity contribution is 5.82. The van der Waals surface area contributed by atoms with E-state index in [0.717, 1.165) is 48.4 Å². The fraction of sp³-hybridized carbons (Fsp3) is 0.217. The molecule has 0 aliphatic carbocycles. The first-order valence-electron chi connectivity index (χ1n) is 9.77. The van der Waals surface area contributed by atoms with Gasteiger partial charge in [0.05, 0.1) is 11.3 Å². The van der Waals surface area contributed by atoms with Crippen molar-refractivity contribution < 1.29 is 13.2 Å². The molecule has 3 heterocycles. The van der Waals surface area contributed by atoms with Crippen LogP contribution in [-0.4, -0.2) is 26.4 Å². The molecule has 1 aliphatic heterocycles. The zero-order chi connectivity index (χ0) is 20.7. The molecule has 0 spiro atoms. The second-order valence-electron chi connectivity index (χ2n) is 7.56. The Morgan fingerprint density at radius 3 is 2.67 bits per heavy atom. The maximum atomic E-state index is 12.8. The van der Waals surface area contributed by atoms with Gasteiger partial charge in [-0.25, -0.2) is 9.97 Å². The van der Waals surface area contributed by atoms with Crippen molar-refractivity contribution in [2.75, 3.05) is 6.54 Å². The number of alkyl halides is 3. The molecule has 4 aromatic rings. The van der Waals surface area contributed by atoms with Gasteiger partial charge in [-0.2, -0.15) is 13.2 Å². The monoisotopic (exact) mass is 408 g/mol. The average molecular weight is 408 g/mol. The molecule has 0 amide bonds. The van der Waals surface area contributed by atoms with Crippen molar-refractivity contribution in [1.82, 2.24) is 19.9 Å². The number of H-pyrrole nitrogens is 1. The molecule has 0 atom stereocenters. The van der Waals surface area contributed by atoms with Crippen LogP contribution in [-0.2, 0) is 25.7 Å². The summed E-state index contributed by atoms with van der Waals surface area (Å²) < 4.78 is 38.4. The normalized spacial score (nSPS) is 14.8. The third kappa shape index (κ3) is 3.57. The van der Waals surface area contributed by atoms with Crippen LogP contribution >= 0.6 is 0 Å². The predicted molar refractivity (Wildman–Crippen MR) is 109 cm³/mol. The molecule has 0 bridgehead atoms. The molecule has 0 fully saturated rings. The fourth-order valence-electron chi connectivity index (χ4n) is 3.96. The van der Waals surface area contributed by atoms with Crippen molar-refractivity contribution in [2.24, 2.45) is 0 Å². The minimum Gasteiger partial charge on any atom is -0.361 e. The zero-order valence-corrected chi connectivity index (χ0v) is 16.1. The number of benzene rings is 2. The van der Waals surface area contributed by atoms with Gasteiger partial charge in [-0.15, -0.1) is 0 Å². The first-order valence-corrected chi connectivity index (χ1v) is 9.77. The largest absolute Gasteiger partial charge is 0.416 e. The number of fused-ring (bicyclic) bond motifs is 2. The van der Waals surface area contributed by atoms with Gasteiger partial charge in [-0.3, -0.25) is 4.90 Å². The maximum Gasteiger partial charge on any atom is 0.416 e. The molecule has 30 heavy (non-hydrogen) atoms. The second kappa shape index (κ2) is 7.25. The Morgan fingerprint density at radius 1 is 1.03 bits per heavy atom. The molecule has 1 aliphatic rings. The van der Waals surface area contributed by atoms with E-state index in [0.29, 0.717) is 17.9 Å². The van der Waals surface area contributed by atoms with E-state index in [4.69, 9.17) is 0 Å². The number of hydrogen-bond acceptors (Lipinski definition) is 3. The van der Waals surface area contributed by atoms with Gasteiger partial charge in [0, 0.05) is 43.1 Å². The summed E-state index contributed by atoms with van der Waals surface area (Å²) in [6, 6.07) is 13.3. The van der Waals surface area contributed by atoms with Gasteiger partial charge in [0.2, 0.25) is 0 Å². The summed E-state index contributed by atoms with van der Waals surface area (Å²) in [5.41, 5.74) is 4.33. The first-order chi connectivity index (χ1) is 14.5. The minimum atomic E-state index is -4.35. The molecule has 152 valence electrons. The quantitative estimate of drug-likeness (QED) is 0.507. The molecule has 0 saturated carbocycles. The molecule has 4 nitrogen and oxygen atoms in total. The third-order valence-electron chi connectivity index (χ3n) is 5.56. The highest BCUT2D eigenvalue weighted by atomic mass is 19.4. The van der Waals surface area contributed by atoms with E-state index in [1.807, 2.05) is 6.20 Å². The summed E-state index contributed by atoms with van der Waals surface area (Å²) in [6.45, 7) is 2.40. The molecular weight excluding hydrogens is 389 g/mol. The summed E-state index contributed by atoms with van der Waals surface area (Å²) >= 11 is 0. The van der Waals surface area contributed by atoms with E-state index in [-0.39, 0.29) is 0 Å². The van der Waals surface area contributed by atoms with Crippen molar-refractivity contribution in [2.45, 2.75) is 25.7 Å². The van der Waals surface area contributed by atoms with Crippen LogP contribution in [0.2, 0.25) is 0 Å². The Morgan fingerprint density at radius 2 is 1.87 bits per heavy atom. The SMILES string of the molecule is FC(F)(F)c1ccc(-c2ncc3c(n2)CN(Cc2cccc4cc[nH]c24)CC3)cc1. The topological polar surface area (TPSA) is 44.8 Å². The number of hydrogen-bond donors (Lipinski definition) is 1. The molecule has 7 heteroatoms. The summed E-state index contributed by atoms with van der Waals surface area (Å²) in [5.74, 6) is 0.454. The Kier molecular flexibility index (Phi) is 4.55. The minimum absolute atomic E-state index is 0.454. The van der Waals surface area contributed by atoms with Crippen molar-refractivity contribution in [3.63, 3.8) is 0 Å². The van der Waals surface area contributed by atoms with Gasteiger partial charge < -0.3 is 4.98 Å². The fourth-order valence-corrected chi connectivity index (χ4v) is 3.96. The van der Waals surface area contributed by atoms with Crippen molar-refractivity contribution in [3.05, 3.63) is 83.3 Å². The van der Waals surface area contributed by atoms with Gasteiger partial charge in [0.1, 0.15) is 0 Å². The molecule has 0 unspecified atom stereocenters. The standard InChI is InChI=1S/C23H19F3N4/c24-23(25,26)19-6-4-16(5-7-19)22-28-12-17-9-11-30(14-20(17)29-22)13-18-3-1-2-15-8-10-27-21(15)18/h1-8,10,12,27H,9,11,13-14H2. The third-order valence-corrected chi connectivity index (χ3v) is 5.56. The van der Waals surface area contributed by atoms with Crippen LogP contribution in [0.5, 0.6) is 0 Å². The van der Waals surface area contributed by atoms with E-state index in [1.54, 1.807) is 6.20 Å². The van der Waals surface area contributed by atoms with Crippen molar-refractivity contribution in [1.29, 1.82) is 0 Å². The number of nitrogens with zero attached hydrogens (tertiary/aromatic N) is 3. The molecule has 1 N–H and O–H groups in total. The van der Waals surface area contributed by atoms with Crippen LogP contribution in [0.25, 0.3) is 22.3 Å². The summed E-state index contributed by atoms with van der Waals surface area (Å²) in [6.07, 6.45) is 0.253.